The highest BCUT2D eigenvalue weighted by Crippen LogP contribution is 2.08. The molecule has 1 N–H and O–H groups in total. The number of aromatic nitrogens is 2. The number of hydrogen-bond acceptors (Lipinski definition) is 5. The van der Waals surface area contributed by atoms with Crippen LogP contribution in [0.25, 0.3) is 0 Å². The van der Waals surface area contributed by atoms with Crippen LogP contribution in [-0.2, 0) is 13.0 Å². The van der Waals surface area contributed by atoms with Crippen molar-refractivity contribution in [2.45, 2.75) is 19.9 Å². The van der Waals surface area contributed by atoms with Gasteiger partial charge in [0.25, 0.3) is 0 Å². The summed E-state index contributed by atoms with van der Waals surface area (Å²) in [6.07, 6.45) is 0.730. The molecule has 102 valence electrons. The minimum absolute atomic E-state index is 0.677. The monoisotopic (exact) mass is 260 g/mol. The SMILES string of the molecule is Cc1ccc(NCCc2nc(CN(C)C)no2)cc1. The van der Waals surface area contributed by atoms with Gasteiger partial charge in [0, 0.05) is 18.7 Å². The van der Waals surface area contributed by atoms with E-state index < -0.39 is 0 Å². The molecule has 0 atom stereocenters. The summed E-state index contributed by atoms with van der Waals surface area (Å²) in [4.78, 5) is 6.35. The Morgan fingerprint density at radius 1 is 1.21 bits per heavy atom. The third-order valence-corrected chi connectivity index (χ3v) is 2.69. The smallest absolute Gasteiger partial charge is 0.228 e. The van der Waals surface area contributed by atoms with E-state index in [1.807, 2.05) is 19.0 Å². The largest absolute Gasteiger partial charge is 0.385 e. The van der Waals surface area contributed by atoms with Gasteiger partial charge >= 0.3 is 0 Å². The fraction of sp³-hybridized carbons (Fsp3) is 0.429. The quantitative estimate of drug-likeness (QED) is 0.862. The van der Waals surface area contributed by atoms with Crippen LogP contribution in [0.15, 0.2) is 28.8 Å². The molecule has 2 aromatic rings. The zero-order chi connectivity index (χ0) is 13.7. The van der Waals surface area contributed by atoms with Crippen LogP contribution in [0.5, 0.6) is 0 Å². The van der Waals surface area contributed by atoms with Gasteiger partial charge in [-0.25, -0.2) is 0 Å². The first kappa shape index (κ1) is 13.5. The summed E-state index contributed by atoms with van der Waals surface area (Å²) in [5.41, 5.74) is 2.37. The highest BCUT2D eigenvalue weighted by atomic mass is 16.5. The maximum absolute atomic E-state index is 5.19. The lowest BCUT2D eigenvalue weighted by molar-refractivity contribution is 0.350. The summed E-state index contributed by atoms with van der Waals surface area (Å²) in [5.74, 6) is 1.41. The number of hydrogen-bond donors (Lipinski definition) is 1. The molecule has 19 heavy (non-hydrogen) atoms. The summed E-state index contributed by atoms with van der Waals surface area (Å²) >= 11 is 0. The molecule has 0 saturated heterocycles. The molecular formula is C14H20N4O. The molecule has 1 aromatic heterocycles. The lowest BCUT2D eigenvalue weighted by atomic mass is 10.2. The lowest BCUT2D eigenvalue weighted by Crippen LogP contribution is -2.12. The molecule has 0 amide bonds. The Hall–Kier alpha value is -1.88. The van der Waals surface area contributed by atoms with Crippen molar-refractivity contribution in [3.8, 4) is 0 Å². The maximum atomic E-state index is 5.19. The Balaban J connectivity index is 1.79. The summed E-state index contributed by atoms with van der Waals surface area (Å²) in [5, 5.41) is 7.27. The first-order chi connectivity index (χ1) is 9.13. The Labute approximate surface area is 113 Å². The minimum atomic E-state index is 0.677. The van der Waals surface area contributed by atoms with E-state index in [1.54, 1.807) is 0 Å². The molecule has 0 aliphatic heterocycles. The standard InChI is InChI=1S/C14H20N4O/c1-11-4-6-12(7-5-11)15-9-8-14-16-13(17-19-14)10-18(2)3/h4-7,15H,8-10H2,1-3H3. The predicted octanol–water partition coefficient (Wildman–Crippen LogP) is 2.09. The van der Waals surface area contributed by atoms with Gasteiger partial charge in [0.1, 0.15) is 0 Å². The van der Waals surface area contributed by atoms with Crippen LogP contribution >= 0.6 is 0 Å². The molecule has 0 aliphatic carbocycles. The molecule has 5 nitrogen and oxygen atoms in total. The van der Waals surface area contributed by atoms with Gasteiger partial charge in [0.2, 0.25) is 5.89 Å². The first-order valence-electron chi connectivity index (χ1n) is 6.40. The van der Waals surface area contributed by atoms with E-state index in [0.29, 0.717) is 12.4 Å². The summed E-state index contributed by atoms with van der Waals surface area (Å²) in [6, 6.07) is 8.32. The number of rotatable bonds is 6. The highest BCUT2D eigenvalue weighted by molar-refractivity contribution is 5.44. The van der Waals surface area contributed by atoms with E-state index in [0.717, 1.165) is 24.5 Å². The van der Waals surface area contributed by atoms with E-state index in [4.69, 9.17) is 4.52 Å². The van der Waals surface area contributed by atoms with E-state index in [9.17, 15) is 0 Å². The zero-order valence-electron chi connectivity index (χ0n) is 11.7. The van der Waals surface area contributed by atoms with Crippen LogP contribution in [0.1, 0.15) is 17.3 Å². The second-order valence-electron chi connectivity index (χ2n) is 4.88. The van der Waals surface area contributed by atoms with Gasteiger partial charge in [-0.15, -0.1) is 0 Å². The number of nitrogens with zero attached hydrogens (tertiary/aromatic N) is 3. The Morgan fingerprint density at radius 3 is 2.63 bits per heavy atom. The minimum Gasteiger partial charge on any atom is -0.385 e. The van der Waals surface area contributed by atoms with Crippen molar-refractivity contribution in [3.63, 3.8) is 0 Å². The second-order valence-corrected chi connectivity index (χ2v) is 4.88. The average molecular weight is 260 g/mol. The van der Waals surface area contributed by atoms with E-state index in [1.165, 1.54) is 5.56 Å². The van der Waals surface area contributed by atoms with Crippen molar-refractivity contribution >= 4 is 5.69 Å². The van der Waals surface area contributed by atoms with Crippen molar-refractivity contribution in [3.05, 3.63) is 41.5 Å². The average Bonchev–Trinajstić information content (AvgIpc) is 2.78. The normalized spacial score (nSPS) is 10.9. The molecule has 0 radical (unpaired) electrons. The molecule has 0 bridgehead atoms. The topological polar surface area (TPSA) is 54.2 Å². The van der Waals surface area contributed by atoms with Crippen molar-refractivity contribution < 1.29 is 4.52 Å². The Kier molecular flexibility index (Phi) is 4.52. The van der Waals surface area contributed by atoms with Crippen LogP contribution < -0.4 is 5.32 Å². The first-order valence-corrected chi connectivity index (χ1v) is 6.40. The van der Waals surface area contributed by atoms with E-state index in [-0.39, 0.29) is 0 Å². The van der Waals surface area contributed by atoms with Crippen LogP contribution in [0.3, 0.4) is 0 Å². The summed E-state index contributed by atoms with van der Waals surface area (Å²) < 4.78 is 5.19. The van der Waals surface area contributed by atoms with Gasteiger partial charge in [0.15, 0.2) is 5.82 Å². The molecule has 0 fully saturated rings. The second kappa shape index (κ2) is 6.33. The van der Waals surface area contributed by atoms with E-state index >= 15 is 0 Å². The third-order valence-electron chi connectivity index (χ3n) is 2.69. The van der Waals surface area contributed by atoms with Gasteiger partial charge in [-0.2, -0.15) is 4.98 Å². The molecule has 1 aromatic carbocycles. The number of aryl methyl sites for hydroxylation is 1. The van der Waals surface area contributed by atoms with Gasteiger partial charge in [-0.1, -0.05) is 22.9 Å². The molecule has 2 rings (SSSR count). The van der Waals surface area contributed by atoms with Crippen molar-refractivity contribution in [2.75, 3.05) is 26.0 Å². The lowest BCUT2D eigenvalue weighted by Gasteiger charge is -2.04. The molecule has 0 saturated carbocycles. The van der Waals surface area contributed by atoms with Crippen molar-refractivity contribution in [1.29, 1.82) is 0 Å². The number of anilines is 1. The summed E-state index contributed by atoms with van der Waals surface area (Å²) in [6.45, 7) is 3.57. The van der Waals surface area contributed by atoms with Crippen LogP contribution in [0, 0.1) is 6.92 Å². The third kappa shape index (κ3) is 4.37. The summed E-state index contributed by atoms with van der Waals surface area (Å²) in [7, 11) is 3.96. The maximum Gasteiger partial charge on any atom is 0.228 e. The van der Waals surface area contributed by atoms with E-state index in [2.05, 4.69) is 46.6 Å². The molecule has 1 heterocycles. The molecular weight excluding hydrogens is 240 g/mol. The van der Waals surface area contributed by atoms with Crippen LogP contribution in [0.4, 0.5) is 5.69 Å². The van der Waals surface area contributed by atoms with Gasteiger partial charge in [0.05, 0.1) is 6.54 Å². The number of nitrogens with one attached hydrogen (secondary N) is 1. The molecule has 0 spiro atoms. The highest BCUT2D eigenvalue weighted by Gasteiger charge is 2.06. The fourth-order valence-electron chi connectivity index (χ4n) is 1.72. The Morgan fingerprint density at radius 2 is 1.95 bits per heavy atom. The predicted molar refractivity (Wildman–Crippen MR) is 75.1 cm³/mol. The van der Waals surface area contributed by atoms with Gasteiger partial charge in [-0.05, 0) is 33.2 Å². The Bertz CT molecular complexity index is 504. The van der Waals surface area contributed by atoms with Crippen molar-refractivity contribution in [1.82, 2.24) is 15.0 Å². The molecule has 0 unspecified atom stereocenters. The number of benzene rings is 1. The molecule has 5 heteroatoms. The van der Waals surface area contributed by atoms with Gasteiger partial charge < -0.3 is 14.7 Å². The fourth-order valence-corrected chi connectivity index (χ4v) is 1.72. The van der Waals surface area contributed by atoms with Crippen LogP contribution in [-0.4, -0.2) is 35.7 Å². The molecule has 0 aliphatic rings. The van der Waals surface area contributed by atoms with Crippen LogP contribution in [0.2, 0.25) is 0 Å². The zero-order valence-corrected chi connectivity index (χ0v) is 11.7. The van der Waals surface area contributed by atoms with Crippen molar-refractivity contribution in [2.24, 2.45) is 0 Å². The van der Waals surface area contributed by atoms with Gasteiger partial charge in [-0.3, -0.25) is 0 Å².